The highest BCUT2D eigenvalue weighted by atomic mass is 16.2. The third-order valence-corrected chi connectivity index (χ3v) is 3.90. The number of aromatic nitrogens is 4. The molecule has 3 heterocycles. The van der Waals surface area contributed by atoms with Gasteiger partial charge in [-0.1, -0.05) is 0 Å². The van der Waals surface area contributed by atoms with Gasteiger partial charge in [-0.3, -0.25) is 4.79 Å². The van der Waals surface area contributed by atoms with Gasteiger partial charge in [0.1, 0.15) is 5.82 Å². The van der Waals surface area contributed by atoms with Gasteiger partial charge in [-0.05, 0) is 7.05 Å². The summed E-state index contributed by atoms with van der Waals surface area (Å²) in [6.45, 7) is 3.42. The lowest BCUT2D eigenvalue weighted by molar-refractivity contribution is 0.0936. The molecule has 3 rings (SSSR count). The molecule has 1 N–H and O–H groups in total. The van der Waals surface area contributed by atoms with E-state index in [9.17, 15) is 4.79 Å². The highest BCUT2D eigenvalue weighted by Crippen LogP contribution is 2.11. The predicted molar refractivity (Wildman–Crippen MR) is 77.8 cm³/mol. The molecule has 1 aliphatic heterocycles. The van der Waals surface area contributed by atoms with E-state index in [1.165, 1.54) is 0 Å². The number of imidazole rings is 2. The SMILES string of the molecule is CN1CCc2ncc(CNC(=O)c3nccn3C)n2CC1. The number of hydrogen-bond donors (Lipinski definition) is 1. The molecule has 0 aliphatic carbocycles. The first kappa shape index (κ1) is 13.8. The van der Waals surface area contributed by atoms with Gasteiger partial charge in [-0.25, -0.2) is 9.97 Å². The second-order valence-corrected chi connectivity index (χ2v) is 5.42. The van der Waals surface area contributed by atoms with Crippen LogP contribution in [0.4, 0.5) is 0 Å². The molecule has 0 aromatic carbocycles. The second kappa shape index (κ2) is 5.69. The number of amides is 1. The Kier molecular flexibility index (Phi) is 3.74. The van der Waals surface area contributed by atoms with Crippen molar-refractivity contribution in [1.29, 1.82) is 0 Å². The molecule has 0 unspecified atom stereocenters. The summed E-state index contributed by atoms with van der Waals surface area (Å²) in [5.74, 6) is 1.36. The number of aryl methyl sites for hydroxylation is 1. The maximum Gasteiger partial charge on any atom is 0.287 e. The standard InChI is InChI=1S/C14H20N6O/c1-18-5-3-12-16-9-11(20(12)8-7-18)10-17-14(21)13-15-4-6-19(13)2/h4,6,9H,3,5,7-8,10H2,1-2H3,(H,17,21). The van der Waals surface area contributed by atoms with Crippen LogP contribution in [0.15, 0.2) is 18.6 Å². The minimum atomic E-state index is -0.163. The molecule has 2 aromatic rings. The number of nitrogens with zero attached hydrogens (tertiary/aromatic N) is 5. The van der Waals surface area contributed by atoms with Gasteiger partial charge in [-0.15, -0.1) is 0 Å². The van der Waals surface area contributed by atoms with E-state index < -0.39 is 0 Å². The highest BCUT2D eigenvalue weighted by Gasteiger charge is 2.16. The Morgan fingerprint density at radius 1 is 1.29 bits per heavy atom. The van der Waals surface area contributed by atoms with Gasteiger partial charge in [0.2, 0.25) is 0 Å². The van der Waals surface area contributed by atoms with E-state index in [0.29, 0.717) is 12.4 Å². The van der Waals surface area contributed by atoms with Crippen LogP contribution in [0.2, 0.25) is 0 Å². The van der Waals surface area contributed by atoms with Crippen LogP contribution in [0.1, 0.15) is 22.1 Å². The fourth-order valence-corrected chi connectivity index (χ4v) is 2.58. The molecule has 1 amide bonds. The lowest BCUT2D eigenvalue weighted by Crippen LogP contribution is -2.27. The van der Waals surface area contributed by atoms with Crippen molar-refractivity contribution in [3.8, 4) is 0 Å². The molecule has 0 saturated carbocycles. The summed E-state index contributed by atoms with van der Waals surface area (Å²) in [4.78, 5) is 22.9. The number of rotatable bonds is 3. The number of carbonyl (C=O) groups excluding carboxylic acids is 1. The number of carbonyl (C=O) groups is 1. The molecule has 112 valence electrons. The number of nitrogens with one attached hydrogen (secondary N) is 1. The molecule has 1 aliphatic rings. The summed E-state index contributed by atoms with van der Waals surface area (Å²) in [6, 6.07) is 0. The molecule has 21 heavy (non-hydrogen) atoms. The molecule has 0 radical (unpaired) electrons. The molecule has 7 nitrogen and oxygen atoms in total. The van der Waals surface area contributed by atoms with Gasteiger partial charge < -0.3 is 19.4 Å². The third kappa shape index (κ3) is 2.82. The van der Waals surface area contributed by atoms with Gasteiger partial charge in [0.05, 0.1) is 18.4 Å². The Balaban J connectivity index is 1.68. The summed E-state index contributed by atoms with van der Waals surface area (Å²) in [5.41, 5.74) is 1.04. The molecule has 0 spiro atoms. The minimum absolute atomic E-state index is 0.163. The van der Waals surface area contributed by atoms with Crippen molar-refractivity contribution in [2.45, 2.75) is 19.5 Å². The van der Waals surface area contributed by atoms with Crippen LogP contribution in [0.5, 0.6) is 0 Å². The van der Waals surface area contributed by atoms with E-state index in [2.05, 4.69) is 31.8 Å². The van der Waals surface area contributed by atoms with Gasteiger partial charge in [0, 0.05) is 45.5 Å². The average molecular weight is 288 g/mol. The van der Waals surface area contributed by atoms with E-state index in [-0.39, 0.29) is 5.91 Å². The molecule has 2 aromatic heterocycles. The van der Waals surface area contributed by atoms with Crippen molar-refractivity contribution in [1.82, 2.24) is 29.3 Å². The fourth-order valence-electron chi connectivity index (χ4n) is 2.58. The zero-order valence-corrected chi connectivity index (χ0v) is 12.4. The zero-order chi connectivity index (χ0) is 14.8. The number of likely N-dealkylation sites (N-methyl/N-ethyl adjacent to an activating group) is 1. The summed E-state index contributed by atoms with van der Waals surface area (Å²) in [6.07, 6.45) is 6.19. The van der Waals surface area contributed by atoms with Crippen LogP contribution in [-0.2, 0) is 26.6 Å². The van der Waals surface area contributed by atoms with Gasteiger partial charge >= 0.3 is 0 Å². The highest BCUT2D eigenvalue weighted by molar-refractivity contribution is 5.90. The van der Waals surface area contributed by atoms with Crippen LogP contribution < -0.4 is 5.32 Å². The molecule has 0 fully saturated rings. The van der Waals surface area contributed by atoms with E-state index in [4.69, 9.17) is 0 Å². The molecular weight excluding hydrogens is 268 g/mol. The maximum absolute atomic E-state index is 12.1. The molecule has 7 heteroatoms. The fraction of sp³-hybridized carbons (Fsp3) is 0.500. The van der Waals surface area contributed by atoms with Crippen molar-refractivity contribution in [2.75, 3.05) is 20.1 Å². The van der Waals surface area contributed by atoms with Gasteiger partial charge in [0.15, 0.2) is 5.82 Å². The smallest absolute Gasteiger partial charge is 0.287 e. The van der Waals surface area contributed by atoms with Crippen LogP contribution in [0, 0.1) is 0 Å². The molecular formula is C14H20N6O. The van der Waals surface area contributed by atoms with Crippen molar-refractivity contribution in [3.05, 3.63) is 35.9 Å². The predicted octanol–water partition coefficient (Wildman–Crippen LogP) is 0.0345. The maximum atomic E-state index is 12.1. The van der Waals surface area contributed by atoms with Crippen molar-refractivity contribution >= 4 is 5.91 Å². The number of hydrogen-bond acceptors (Lipinski definition) is 4. The zero-order valence-electron chi connectivity index (χ0n) is 12.4. The van der Waals surface area contributed by atoms with E-state index in [1.807, 2.05) is 13.2 Å². The minimum Gasteiger partial charge on any atom is -0.344 e. The van der Waals surface area contributed by atoms with Crippen LogP contribution in [-0.4, -0.2) is 50.0 Å². The molecule has 0 bridgehead atoms. The van der Waals surface area contributed by atoms with E-state index >= 15 is 0 Å². The van der Waals surface area contributed by atoms with Crippen LogP contribution >= 0.6 is 0 Å². The van der Waals surface area contributed by atoms with Gasteiger partial charge in [-0.2, -0.15) is 0 Å². The Hall–Kier alpha value is -2.15. The van der Waals surface area contributed by atoms with Crippen molar-refractivity contribution < 1.29 is 4.79 Å². The van der Waals surface area contributed by atoms with E-state index in [0.717, 1.165) is 37.6 Å². The Labute approximate surface area is 123 Å². The lowest BCUT2D eigenvalue weighted by Gasteiger charge is -2.12. The summed E-state index contributed by atoms with van der Waals surface area (Å²) < 4.78 is 3.92. The van der Waals surface area contributed by atoms with Gasteiger partial charge in [0.25, 0.3) is 5.91 Å². The normalized spacial score (nSPS) is 15.5. The summed E-state index contributed by atoms with van der Waals surface area (Å²) in [7, 11) is 3.93. The number of fused-ring (bicyclic) bond motifs is 1. The van der Waals surface area contributed by atoms with E-state index in [1.54, 1.807) is 17.0 Å². The summed E-state index contributed by atoms with van der Waals surface area (Å²) >= 11 is 0. The molecule has 0 atom stereocenters. The van der Waals surface area contributed by atoms with Crippen LogP contribution in [0.25, 0.3) is 0 Å². The first-order valence-electron chi connectivity index (χ1n) is 7.12. The average Bonchev–Trinajstić information content (AvgIpc) is 3.02. The Bertz CT molecular complexity index is 644. The van der Waals surface area contributed by atoms with Crippen molar-refractivity contribution in [3.63, 3.8) is 0 Å². The molecule has 0 saturated heterocycles. The first-order valence-corrected chi connectivity index (χ1v) is 7.12. The monoisotopic (exact) mass is 288 g/mol. The lowest BCUT2D eigenvalue weighted by atomic mass is 10.4. The van der Waals surface area contributed by atoms with Crippen LogP contribution in [0.3, 0.4) is 0 Å². The quantitative estimate of drug-likeness (QED) is 0.865. The Morgan fingerprint density at radius 2 is 2.14 bits per heavy atom. The second-order valence-electron chi connectivity index (χ2n) is 5.42. The topological polar surface area (TPSA) is 68.0 Å². The third-order valence-electron chi connectivity index (χ3n) is 3.90. The van der Waals surface area contributed by atoms with Crippen molar-refractivity contribution in [2.24, 2.45) is 7.05 Å². The summed E-state index contributed by atoms with van der Waals surface area (Å²) in [5, 5.41) is 2.91. The Morgan fingerprint density at radius 3 is 2.90 bits per heavy atom. The first-order chi connectivity index (χ1) is 10.1. The largest absolute Gasteiger partial charge is 0.344 e.